The molecule has 2 rings (SSSR count). The van der Waals surface area contributed by atoms with Crippen LogP contribution in [0.15, 0.2) is 11.6 Å². The Morgan fingerprint density at radius 3 is 2.59 bits per heavy atom. The lowest BCUT2D eigenvalue weighted by Crippen LogP contribution is -2.34. The molecular formula is C15H24O2. The quantitative estimate of drug-likeness (QED) is 0.553. The lowest BCUT2D eigenvalue weighted by molar-refractivity contribution is -0.152. The zero-order chi connectivity index (χ0) is 12.6. The molecule has 0 heterocycles. The van der Waals surface area contributed by atoms with Gasteiger partial charge in [-0.15, -0.1) is 0 Å². The molecule has 0 aromatic heterocycles. The molecule has 2 heteroatoms. The normalized spacial score (nSPS) is 35.6. The van der Waals surface area contributed by atoms with E-state index in [1.165, 1.54) is 26.2 Å². The first-order chi connectivity index (χ1) is 8.02. The van der Waals surface area contributed by atoms with E-state index in [1.54, 1.807) is 5.57 Å². The molecule has 0 aromatic carbocycles. The molecule has 0 amide bonds. The number of ether oxygens (including phenoxy) is 1. The Morgan fingerprint density at radius 2 is 2.12 bits per heavy atom. The van der Waals surface area contributed by atoms with Gasteiger partial charge in [0.25, 0.3) is 0 Å². The van der Waals surface area contributed by atoms with E-state index >= 15 is 0 Å². The van der Waals surface area contributed by atoms with Gasteiger partial charge in [-0.3, -0.25) is 4.79 Å². The molecule has 0 aliphatic heterocycles. The first-order valence-corrected chi connectivity index (χ1v) is 6.85. The number of carbonyl (C=O) groups excluding carboxylic acids is 1. The summed E-state index contributed by atoms with van der Waals surface area (Å²) in [6.45, 7) is 7.99. The van der Waals surface area contributed by atoms with Crippen molar-refractivity contribution < 1.29 is 9.53 Å². The summed E-state index contributed by atoms with van der Waals surface area (Å²) in [4.78, 5) is 11.2. The van der Waals surface area contributed by atoms with Crippen LogP contribution in [-0.4, -0.2) is 12.1 Å². The van der Waals surface area contributed by atoms with Gasteiger partial charge in [-0.25, -0.2) is 0 Å². The maximum Gasteiger partial charge on any atom is 0.302 e. The molecule has 2 nitrogen and oxygen atoms in total. The third-order valence-electron chi connectivity index (χ3n) is 4.46. The summed E-state index contributed by atoms with van der Waals surface area (Å²) >= 11 is 0. The molecule has 2 aliphatic carbocycles. The number of esters is 1. The van der Waals surface area contributed by atoms with E-state index in [2.05, 4.69) is 26.8 Å². The Labute approximate surface area is 104 Å². The molecule has 2 unspecified atom stereocenters. The van der Waals surface area contributed by atoms with Crippen LogP contribution < -0.4 is 0 Å². The molecule has 96 valence electrons. The second kappa shape index (κ2) is 4.83. The Balaban J connectivity index is 2.13. The van der Waals surface area contributed by atoms with E-state index in [9.17, 15) is 4.79 Å². The summed E-state index contributed by atoms with van der Waals surface area (Å²) in [6, 6.07) is 0. The number of fused-ring (bicyclic) bond motifs is 2. The fourth-order valence-corrected chi connectivity index (χ4v) is 3.86. The maximum atomic E-state index is 11.2. The van der Waals surface area contributed by atoms with Gasteiger partial charge in [0.05, 0.1) is 0 Å². The summed E-state index contributed by atoms with van der Waals surface area (Å²) in [5.74, 6) is 2.36. The van der Waals surface area contributed by atoms with E-state index in [0.29, 0.717) is 17.8 Å². The number of carbonyl (C=O) groups is 1. The second-order valence-corrected chi connectivity index (χ2v) is 5.99. The minimum atomic E-state index is -0.131. The minimum absolute atomic E-state index is 0.109. The first kappa shape index (κ1) is 12.7. The highest BCUT2D eigenvalue weighted by molar-refractivity contribution is 5.66. The number of hydrogen-bond acceptors (Lipinski definition) is 2. The number of rotatable bonds is 3. The Bertz CT molecular complexity index is 330. The zero-order valence-electron chi connectivity index (χ0n) is 11.4. The monoisotopic (exact) mass is 236 g/mol. The van der Waals surface area contributed by atoms with Gasteiger partial charge in [0.2, 0.25) is 0 Å². The topological polar surface area (TPSA) is 26.3 Å². The molecule has 2 bridgehead atoms. The van der Waals surface area contributed by atoms with Gasteiger partial charge in [0.15, 0.2) is 0 Å². The molecule has 0 saturated heterocycles. The van der Waals surface area contributed by atoms with E-state index in [4.69, 9.17) is 4.74 Å². The smallest absolute Gasteiger partial charge is 0.302 e. The lowest BCUT2D eigenvalue weighted by Gasteiger charge is -2.33. The van der Waals surface area contributed by atoms with Gasteiger partial charge in [-0.2, -0.15) is 0 Å². The SMILES string of the molecule is CC=C1C[C@H]2CC(C(OC(C)=O)C(C)C)[C@@H]1C2. The van der Waals surface area contributed by atoms with Crippen molar-refractivity contribution in [3.05, 3.63) is 11.6 Å². The Kier molecular flexibility index (Phi) is 3.60. The second-order valence-electron chi connectivity index (χ2n) is 5.99. The summed E-state index contributed by atoms with van der Waals surface area (Å²) in [5, 5.41) is 0. The van der Waals surface area contributed by atoms with Crippen molar-refractivity contribution >= 4 is 5.97 Å². The predicted octanol–water partition coefficient (Wildman–Crippen LogP) is 3.57. The predicted molar refractivity (Wildman–Crippen MR) is 68.5 cm³/mol. The van der Waals surface area contributed by atoms with Crippen LogP contribution >= 0.6 is 0 Å². The minimum Gasteiger partial charge on any atom is -0.462 e. The number of allylic oxidation sites excluding steroid dienone is 2. The molecule has 2 saturated carbocycles. The molecule has 0 radical (unpaired) electrons. The molecule has 17 heavy (non-hydrogen) atoms. The average Bonchev–Trinajstić information content (AvgIpc) is 2.83. The van der Waals surface area contributed by atoms with Gasteiger partial charge in [-0.1, -0.05) is 25.5 Å². The van der Waals surface area contributed by atoms with Gasteiger partial charge >= 0.3 is 5.97 Å². The molecule has 2 fully saturated rings. The molecule has 0 aromatic rings. The van der Waals surface area contributed by atoms with Gasteiger partial charge in [0.1, 0.15) is 6.10 Å². The highest BCUT2D eigenvalue weighted by Gasteiger charge is 2.47. The first-order valence-electron chi connectivity index (χ1n) is 6.85. The van der Waals surface area contributed by atoms with Gasteiger partial charge in [0, 0.05) is 12.8 Å². The van der Waals surface area contributed by atoms with Crippen LogP contribution in [0.25, 0.3) is 0 Å². The summed E-state index contributed by atoms with van der Waals surface area (Å²) < 4.78 is 5.58. The van der Waals surface area contributed by atoms with Crippen molar-refractivity contribution in [3.63, 3.8) is 0 Å². The average molecular weight is 236 g/mol. The van der Waals surface area contributed by atoms with Crippen molar-refractivity contribution in [1.82, 2.24) is 0 Å². The van der Waals surface area contributed by atoms with Crippen LogP contribution in [0.2, 0.25) is 0 Å². The molecule has 4 atom stereocenters. The number of hydrogen-bond donors (Lipinski definition) is 0. The highest BCUT2D eigenvalue weighted by Crippen LogP contribution is 2.53. The van der Waals surface area contributed by atoms with E-state index in [-0.39, 0.29) is 12.1 Å². The summed E-state index contributed by atoms with van der Waals surface area (Å²) in [7, 11) is 0. The third kappa shape index (κ3) is 2.41. The summed E-state index contributed by atoms with van der Waals surface area (Å²) in [6.07, 6.45) is 6.23. The van der Waals surface area contributed by atoms with Crippen LogP contribution in [0.4, 0.5) is 0 Å². The zero-order valence-corrected chi connectivity index (χ0v) is 11.4. The largest absolute Gasteiger partial charge is 0.462 e. The van der Waals surface area contributed by atoms with E-state index in [0.717, 1.165) is 5.92 Å². The van der Waals surface area contributed by atoms with Crippen LogP contribution in [0.3, 0.4) is 0 Å². The molecule has 0 N–H and O–H groups in total. The van der Waals surface area contributed by atoms with Crippen molar-refractivity contribution in [3.8, 4) is 0 Å². The maximum absolute atomic E-state index is 11.2. The molecular weight excluding hydrogens is 212 g/mol. The van der Waals surface area contributed by atoms with Crippen LogP contribution in [0, 0.1) is 23.7 Å². The lowest BCUT2D eigenvalue weighted by atomic mass is 9.78. The highest BCUT2D eigenvalue weighted by atomic mass is 16.5. The van der Waals surface area contributed by atoms with Gasteiger partial charge < -0.3 is 4.74 Å². The van der Waals surface area contributed by atoms with Crippen LogP contribution in [-0.2, 0) is 9.53 Å². The van der Waals surface area contributed by atoms with Crippen LogP contribution in [0.5, 0.6) is 0 Å². The van der Waals surface area contributed by atoms with E-state index < -0.39 is 0 Å². The van der Waals surface area contributed by atoms with Crippen molar-refractivity contribution in [1.29, 1.82) is 0 Å². The third-order valence-corrected chi connectivity index (χ3v) is 4.46. The summed E-state index contributed by atoms with van der Waals surface area (Å²) in [5.41, 5.74) is 1.60. The molecule has 0 spiro atoms. The van der Waals surface area contributed by atoms with Crippen molar-refractivity contribution in [2.24, 2.45) is 23.7 Å². The van der Waals surface area contributed by atoms with Crippen LogP contribution in [0.1, 0.15) is 47.0 Å². The van der Waals surface area contributed by atoms with Crippen molar-refractivity contribution in [2.75, 3.05) is 0 Å². The van der Waals surface area contributed by atoms with E-state index in [1.807, 2.05) is 0 Å². The molecule has 2 aliphatic rings. The fraction of sp³-hybridized carbons (Fsp3) is 0.800. The fourth-order valence-electron chi connectivity index (χ4n) is 3.86. The van der Waals surface area contributed by atoms with Crippen molar-refractivity contribution in [2.45, 2.75) is 53.1 Å². The Morgan fingerprint density at radius 1 is 1.41 bits per heavy atom. The van der Waals surface area contributed by atoms with Gasteiger partial charge in [-0.05, 0) is 43.9 Å². The Hall–Kier alpha value is -0.790. The standard InChI is InChI=1S/C15H24O2/c1-5-12-6-11-7-13(12)14(8-11)15(9(2)3)17-10(4)16/h5,9,11,13-15H,6-8H2,1-4H3/t11-,13-,14?,15?/m1/s1.